The van der Waals surface area contributed by atoms with Crippen LogP contribution >= 0.6 is 11.3 Å². The smallest absolute Gasteiger partial charge is 0.265 e. The molecule has 4 nitrogen and oxygen atoms in total. The molecule has 23 heavy (non-hydrogen) atoms. The minimum absolute atomic E-state index is 0.0133. The molecule has 5 heteroatoms. The van der Waals surface area contributed by atoms with Crippen molar-refractivity contribution in [1.82, 2.24) is 9.78 Å². The molecule has 1 N–H and O–H groups in total. The third-order valence-corrected chi connectivity index (χ3v) is 5.29. The van der Waals surface area contributed by atoms with Crippen LogP contribution < -0.4 is 5.32 Å². The van der Waals surface area contributed by atoms with Crippen molar-refractivity contribution in [2.75, 3.05) is 5.32 Å². The Kier molecular flexibility index (Phi) is 3.71. The molecule has 4 rings (SSSR count). The standard InChI is InChI=1S/C18H17N3OS/c22-18(17-11-14-5-2-7-16(14)23-17)20-15-6-1-4-13(10-15)12-21-9-3-8-19-21/h1,3-4,6,8-11H,2,5,7,12H2,(H,20,22). The van der Waals surface area contributed by atoms with Crippen molar-refractivity contribution in [3.8, 4) is 0 Å². The number of fused-ring (bicyclic) bond motifs is 1. The molecular weight excluding hydrogens is 306 g/mol. The molecule has 1 aliphatic carbocycles. The van der Waals surface area contributed by atoms with Crippen molar-refractivity contribution in [3.05, 3.63) is 69.7 Å². The van der Waals surface area contributed by atoms with Crippen LogP contribution in [0.1, 0.15) is 32.1 Å². The van der Waals surface area contributed by atoms with E-state index in [1.807, 2.05) is 41.2 Å². The monoisotopic (exact) mass is 323 g/mol. The van der Waals surface area contributed by atoms with Crippen LogP contribution in [0.5, 0.6) is 0 Å². The number of carbonyl (C=O) groups is 1. The Balaban J connectivity index is 1.48. The first-order valence-corrected chi connectivity index (χ1v) is 8.59. The van der Waals surface area contributed by atoms with Gasteiger partial charge in [0.25, 0.3) is 5.91 Å². The summed E-state index contributed by atoms with van der Waals surface area (Å²) < 4.78 is 1.87. The van der Waals surface area contributed by atoms with Crippen LogP contribution in [0.2, 0.25) is 0 Å². The number of nitrogens with zero attached hydrogens (tertiary/aromatic N) is 2. The summed E-state index contributed by atoms with van der Waals surface area (Å²) in [7, 11) is 0. The van der Waals surface area contributed by atoms with E-state index in [1.54, 1.807) is 17.5 Å². The largest absolute Gasteiger partial charge is 0.321 e. The van der Waals surface area contributed by atoms with Crippen molar-refractivity contribution in [3.63, 3.8) is 0 Å². The van der Waals surface area contributed by atoms with Gasteiger partial charge in [-0.3, -0.25) is 9.48 Å². The fourth-order valence-corrected chi connectivity index (χ4v) is 4.11. The number of aromatic nitrogens is 2. The van der Waals surface area contributed by atoms with Gasteiger partial charge in [0, 0.05) is 23.0 Å². The summed E-state index contributed by atoms with van der Waals surface area (Å²) >= 11 is 1.63. The fourth-order valence-electron chi connectivity index (χ4n) is 2.96. The van der Waals surface area contributed by atoms with Gasteiger partial charge >= 0.3 is 0 Å². The second-order valence-electron chi connectivity index (χ2n) is 5.77. The second-order valence-corrected chi connectivity index (χ2v) is 6.91. The number of anilines is 1. The van der Waals surface area contributed by atoms with Gasteiger partial charge in [-0.05, 0) is 54.7 Å². The summed E-state index contributed by atoms with van der Waals surface area (Å²) in [5.41, 5.74) is 3.29. The molecule has 1 aliphatic rings. The molecule has 1 aromatic carbocycles. The van der Waals surface area contributed by atoms with Gasteiger partial charge in [0.05, 0.1) is 11.4 Å². The zero-order valence-corrected chi connectivity index (χ0v) is 13.5. The topological polar surface area (TPSA) is 46.9 Å². The molecule has 0 saturated carbocycles. The van der Waals surface area contributed by atoms with Crippen molar-refractivity contribution >= 4 is 22.9 Å². The normalized spacial score (nSPS) is 13.0. The minimum atomic E-state index is -0.0133. The number of amides is 1. The Morgan fingerprint density at radius 3 is 3.04 bits per heavy atom. The average molecular weight is 323 g/mol. The van der Waals surface area contributed by atoms with Crippen LogP contribution in [-0.2, 0) is 19.4 Å². The molecule has 0 fully saturated rings. The third-order valence-electron chi connectivity index (χ3n) is 4.06. The lowest BCUT2D eigenvalue weighted by Gasteiger charge is -2.07. The van der Waals surface area contributed by atoms with Gasteiger partial charge < -0.3 is 5.32 Å². The van der Waals surface area contributed by atoms with Crippen LogP contribution in [0, 0.1) is 0 Å². The zero-order chi connectivity index (χ0) is 15.6. The number of aryl methyl sites for hydroxylation is 2. The van der Waals surface area contributed by atoms with Crippen LogP contribution in [0.3, 0.4) is 0 Å². The van der Waals surface area contributed by atoms with E-state index in [1.165, 1.54) is 16.9 Å². The van der Waals surface area contributed by atoms with Crippen molar-refractivity contribution < 1.29 is 4.79 Å². The third kappa shape index (κ3) is 3.05. The Morgan fingerprint density at radius 1 is 1.26 bits per heavy atom. The number of hydrogen-bond acceptors (Lipinski definition) is 3. The van der Waals surface area contributed by atoms with E-state index < -0.39 is 0 Å². The lowest BCUT2D eigenvalue weighted by molar-refractivity contribution is 0.103. The average Bonchev–Trinajstić information content (AvgIpc) is 3.24. The highest BCUT2D eigenvalue weighted by Gasteiger charge is 2.18. The summed E-state index contributed by atoms with van der Waals surface area (Å²) in [5, 5.41) is 7.22. The van der Waals surface area contributed by atoms with Crippen molar-refractivity contribution in [2.24, 2.45) is 0 Å². The molecule has 116 valence electrons. The molecule has 1 amide bonds. The molecule has 0 aliphatic heterocycles. The van der Waals surface area contributed by atoms with E-state index >= 15 is 0 Å². The molecule has 2 heterocycles. The maximum atomic E-state index is 12.4. The Bertz CT molecular complexity index is 814. The predicted octanol–water partition coefficient (Wildman–Crippen LogP) is 3.73. The summed E-state index contributed by atoms with van der Waals surface area (Å²) in [6.45, 7) is 0.698. The van der Waals surface area contributed by atoms with Crippen LogP contribution in [0.4, 0.5) is 5.69 Å². The van der Waals surface area contributed by atoms with Gasteiger partial charge in [0.2, 0.25) is 0 Å². The first-order chi connectivity index (χ1) is 11.3. The molecule has 0 spiro atoms. The summed E-state index contributed by atoms with van der Waals surface area (Å²) in [6.07, 6.45) is 7.14. The Labute approximate surface area is 138 Å². The molecule has 0 bridgehead atoms. The molecule has 0 radical (unpaired) electrons. The molecular formula is C18H17N3OS. The first-order valence-electron chi connectivity index (χ1n) is 7.77. The Morgan fingerprint density at radius 2 is 2.22 bits per heavy atom. The highest BCUT2D eigenvalue weighted by atomic mass is 32.1. The number of hydrogen-bond donors (Lipinski definition) is 1. The van der Waals surface area contributed by atoms with Crippen LogP contribution in [0.25, 0.3) is 0 Å². The number of rotatable bonds is 4. The van der Waals surface area contributed by atoms with Gasteiger partial charge in [-0.1, -0.05) is 12.1 Å². The maximum Gasteiger partial charge on any atom is 0.265 e. The number of benzene rings is 1. The number of carbonyl (C=O) groups excluding carboxylic acids is 1. The lowest BCUT2D eigenvalue weighted by atomic mass is 10.2. The number of nitrogens with one attached hydrogen (secondary N) is 1. The van der Waals surface area contributed by atoms with E-state index in [9.17, 15) is 4.79 Å². The first kappa shape index (κ1) is 14.2. The zero-order valence-electron chi connectivity index (χ0n) is 12.7. The van der Waals surface area contributed by atoms with Crippen LogP contribution in [-0.4, -0.2) is 15.7 Å². The van der Waals surface area contributed by atoms with E-state index in [0.717, 1.165) is 29.0 Å². The van der Waals surface area contributed by atoms with Crippen molar-refractivity contribution in [1.29, 1.82) is 0 Å². The van der Waals surface area contributed by atoms with E-state index in [-0.39, 0.29) is 5.91 Å². The van der Waals surface area contributed by atoms with Gasteiger partial charge in [-0.25, -0.2) is 0 Å². The van der Waals surface area contributed by atoms with Gasteiger partial charge in [0.15, 0.2) is 0 Å². The van der Waals surface area contributed by atoms with E-state index in [0.29, 0.717) is 6.54 Å². The highest BCUT2D eigenvalue weighted by Crippen LogP contribution is 2.31. The van der Waals surface area contributed by atoms with Gasteiger partial charge in [-0.2, -0.15) is 5.10 Å². The Hall–Kier alpha value is -2.40. The number of thiophene rings is 1. The van der Waals surface area contributed by atoms with Crippen molar-refractivity contribution in [2.45, 2.75) is 25.8 Å². The predicted molar refractivity (Wildman–Crippen MR) is 92.1 cm³/mol. The molecule has 3 aromatic rings. The molecule has 2 aromatic heterocycles. The molecule has 0 unspecified atom stereocenters. The fraction of sp³-hybridized carbons (Fsp3) is 0.222. The van der Waals surface area contributed by atoms with E-state index in [4.69, 9.17) is 0 Å². The lowest BCUT2D eigenvalue weighted by Crippen LogP contribution is -2.10. The maximum absolute atomic E-state index is 12.4. The second kappa shape index (κ2) is 6.01. The summed E-state index contributed by atoms with van der Waals surface area (Å²) in [4.78, 5) is 14.6. The van der Waals surface area contributed by atoms with Crippen LogP contribution in [0.15, 0.2) is 48.8 Å². The van der Waals surface area contributed by atoms with Gasteiger partial charge in [0.1, 0.15) is 0 Å². The summed E-state index contributed by atoms with van der Waals surface area (Å²) in [5.74, 6) is -0.0133. The van der Waals surface area contributed by atoms with E-state index in [2.05, 4.69) is 16.5 Å². The van der Waals surface area contributed by atoms with Gasteiger partial charge in [-0.15, -0.1) is 11.3 Å². The summed E-state index contributed by atoms with van der Waals surface area (Å²) in [6, 6.07) is 11.9. The highest BCUT2D eigenvalue weighted by molar-refractivity contribution is 7.14. The quantitative estimate of drug-likeness (QED) is 0.795. The SMILES string of the molecule is O=C(Nc1cccc(Cn2cccn2)c1)c1cc2c(s1)CCC2. The molecule has 0 atom stereocenters. The minimum Gasteiger partial charge on any atom is -0.321 e. The molecule has 0 saturated heterocycles.